The van der Waals surface area contributed by atoms with Crippen molar-refractivity contribution < 1.29 is 4.79 Å². The molecule has 4 nitrogen and oxygen atoms in total. The SMILES string of the molecule is CC(C#N)C(=O)NCCN(C(C)C)C(C)C. The quantitative estimate of drug-likeness (QED) is 0.743. The third-order valence-corrected chi connectivity index (χ3v) is 2.58. The van der Waals surface area contributed by atoms with E-state index >= 15 is 0 Å². The van der Waals surface area contributed by atoms with E-state index in [-0.39, 0.29) is 5.91 Å². The highest BCUT2D eigenvalue weighted by atomic mass is 16.1. The number of nitrogens with one attached hydrogen (secondary N) is 1. The fourth-order valence-corrected chi connectivity index (χ4v) is 1.63. The lowest BCUT2D eigenvalue weighted by Crippen LogP contribution is -2.43. The number of hydrogen-bond acceptors (Lipinski definition) is 3. The Bertz CT molecular complexity index is 247. The van der Waals surface area contributed by atoms with Gasteiger partial charge in [-0.2, -0.15) is 5.26 Å². The van der Waals surface area contributed by atoms with Crippen LogP contribution in [-0.2, 0) is 4.79 Å². The molecule has 0 radical (unpaired) electrons. The number of carbonyl (C=O) groups is 1. The Morgan fingerprint density at radius 2 is 1.75 bits per heavy atom. The van der Waals surface area contributed by atoms with E-state index in [0.29, 0.717) is 18.6 Å². The van der Waals surface area contributed by atoms with Gasteiger partial charge in [0.25, 0.3) is 0 Å². The first-order chi connectivity index (χ1) is 7.40. The van der Waals surface area contributed by atoms with Crippen molar-refractivity contribution in [1.29, 1.82) is 5.26 Å². The summed E-state index contributed by atoms with van der Waals surface area (Å²) in [7, 11) is 0. The Morgan fingerprint density at radius 1 is 1.25 bits per heavy atom. The van der Waals surface area contributed by atoms with Gasteiger partial charge in [-0.25, -0.2) is 0 Å². The van der Waals surface area contributed by atoms with Crippen molar-refractivity contribution in [3.05, 3.63) is 0 Å². The Morgan fingerprint density at radius 3 is 2.12 bits per heavy atom. The summed E-state index contributed by atoms with van der Waals surface area (Å²) in [6.07, 6.45) is 0. The number of rotatable bonds is 6. The third kappa shape index (κ3) is 5.13. The first-order valence-corrected chi connectivity index (χ1v) is 5.83. The van der Waals surface area contributed by atoms with Gasteiger partial charge in [0.15, 0.2) is 0 Å². The highest BCUT2D eigenvalue weighted by Crippen LogP contribution is 2.03. The fourth-order valence-electron chi connectivity index (χ4n) is 1.63. The highest BCUT2D eigenvalue weighted by molar-refractivity contribution is 5.80. The molecule has 1 amide bonds. The molecule has 0 aliphatic heterocycles. The summed E-state index contributed by atoms with van der Waals surface area (Å²) in [6, 6.07) is 2.85. The second-order valence-electron chi connectivity index (χ2n) is 4.57. The normalized spacial score (nSPS) is 12.9. The van der Waals surface area contributed by atoms with Gasteiger partial charge in [0.1, 0.15) is 5.92 Å². The zero-order chi connectivity index (χ0) is 12.7. The second-order valence-corrected chi connectivity index (χ2v) is 4.57. The van der Waals surface area contributed by atoms with Gasteiger partial charge in [-0.15, -0.1) is 0 Å². The molecular weight excluding hydrogens is 202 g/mol. The van der Waals surface area contributed by atoms with Crippen molar-refractivity contribution >= 4 is 5.91 Å². The van der Waals surface area contributed by atoms with Crippen LogP contribution in [-0.4, -0.2) is 36.0 Å². The predicted octanol–water partition coefficient (Wildman–Crippen LogP) is 1.38. The van der Waals surface area contributed by atoms with E-state index in [4.69, 9.17) is 5.26 Å². The minimum Gasteiger partial charge on any atom is -0.354 e. The van der Waals surface area contributed by atoms with Gasteiger partial charge in [-0.05, 0) is 34.6 Å². The molecule has 16 heavy (non-hydrogen) atoms. The van der Waals surface area contributed by atoms with E-state index in [1.165, 1.54) is 0 Å². The molecule has 0 saturated carbocycles. The molecule has 0 aromatic rings. The molecule has 0 bridgehead atoms. The standard InChI is InChI=1S/C12H23N3O/c1-9(2)15(10(3)4)7-6-14-12(16)11(5)8-13/h9-11H,6-7H2,1-5H3,(H,14,16). The van der Waals surface area contributed by atoms with Crippen molar-refractivity contribution in [1.82, 2.24) is 10.2 Å². The number of hydrogen-bond donors (Lipinski definition) is 1. The molecule has 1 atom stereocenters. The molecule has 1 N–H and O–H groups in total. The van der Waals surface area contributed by atoms with Crippen LogP contribution < -0.4 is 5.32 Å². The fraction of sp³-hybridized carbons (Fsp3) is 0.833. The van der Waals surface area contributed by atoms with E-state index in [1.54, 1.807) is 6.92 Å². The average molecular weight is 225 g/mol. The number of amides is 1. The average Bonchev–Trinajstić information content (AvgIpc) is 2.21. The summed E-state index contributed by atoms with van der Waals surface area (Å²) >= 11 is 0. The molecule has 0 aromatic heterocycles. The van der Waals surface area contributed by atoms with Crippen LogP contribution in [0.2, 0.25) is 0 Å². The van der Waals surface area contributed by atoms with Gasteiger partial charge in [-0.3, -0.25) is 9.69 Å². The van der Waals surface area contributed by atoms with Crippen molar-refractivity contribution in [2.24, 2.45) is 5.92 Å². The van der Waals surface area contributed by atoms with Crippen molar-refractivity contribution in [2.45, 2.75) is 46.7 Å². The largest absolute Gasteiger partial charge is 0.354 e. The summed E-state index contributed by atoms with van der Waals surface area (Å²) in [4.78, 5) is 13.6. The van der Waals surface area contributed by atoms with E-state index in [0.717, 1.165) is 6.54 Å². The molecule has 0 rings (SSSR count). The molecule has 1 unspecified atom stereocenters. The van der Waals surface area contributed by atoms with Crippen LogP contribution in [0.15, 0.2) is 0 Å². The van der Waals surface area contributed by atoms with Crippen LogP contribution >= 0.6 is 0 Å². The molecule has 0 aliphatic rings. The van der Waals surface area contributed by atoms with Crippen molar-refractivity contribution in [2.75, 3.05) is 13.1 Å². The molecule has 0 fully saturated rings. The maximum absolute atomic E-state index is 11.3. The van der Waals surface area contributed by atoms with Gasteiger partial charge in [0, 0.05) is 25.2 Å². The summed E-state index contributed by atoms with van der Waals surface area (Å²) in [5.74, 6) is -0.749. The van der Waals surface area contributed by atoms with Gasteiger partial charge in [0.2, 0.25) is 5.91 Å². The topological polar surface area (TPSA) is 56.1 Å². The van der Waals surface area contributed by atoms with Crippen LogP contribution in [0.3, 0.4) is 0 Å². The lowest BCUT2D eigenvalue weighted by molar-refractivity contribution is -0.123. The molecule has 0 saturated heterocycles. The van der Waals surface area contributed by atoms with Gasteiger partial charge >= 0.3 is 0 Å². The molecule has 92 valence electrons. The Kier molecular flexibility index (Phi) is 6.75. The number of carbonyl (C=O) groups excluding carboxylic acids is 1. The maximum Gasteiger partial charge on any atom is 0.237 e. The molecular formula is C12H23N3O. The summed E-state index contributed by atoms with van der Waals surface area (Å²) in [5, 5.41) is 11.3. The second kappa shape index (κ2) is 7.24. The van der Waals surface area contributed by atoms with Crippen LogP contribution in [0, 0.1) is 17.2 Å². The Balaban J connectivity index is 3.97. The first-order valence-electron chi connectivity index (χ1n) is 5.83. The smallest absolute Gasteiger partial charge is 0.237 e. The number of nitriles is 1. The molecule has 0 aliphatic carbocycles. The van der Waals surface area contributed by atoms with E-state index in [2.05, 4.69) is 37.9 Å². The zero-order valence-corrected chi connectivity index (χ0v) is 10.9. The Hall–Kier alpha value is -1.08. The molecule has 0 spiro atoms. The number of nitrogens with zero attached hydrogens (tertiary/aromatic N) is 2. The minimum absolute atomic E-state index is 0.185. The van der Waals surface area contributed by atoms with Gasteiger partial charge in [0.05, 0.1) is 6.07 Å². The zero-order valence-electron chi connectivity index (χ0n) is 10.9. The summed E-state index contributed by atoms with van der Waals surface area (Å²) < 4.78 is 0. The maximum atomic E-state index is 11.3. The van der Waals surface area contributed by atoms with Crippen LogP contribution in [0.4, 0.5) is 0 Å². The van der Waals surface area contributed by atoms with Gasteiger partial charge < -0.3 is 5.32 Å². The van der Waals surface area contributed by atoms with Crippen molar-refractivity contribution in [3.63, 3.8) is 0 Å². The van der Waals surface area contributed by atoms with E-state index in [1.807, 2.05) is 6.07 Å². The van der Waals surface area contributed by atoms with Crippen molar-refractivity contribution in [3.8, 4) is 6.07 Å². The molecule has 4 heteroatoms. The Labute approximate surface area is 98.6 Å². The van der Waals surface area contributed by atoms with Gasteiger partial charge in [-0.1, -0.05) is 0 Å². The predicted molar refractivity (Wildman–Crippen MR) is 64.8 cm³/mol. The summed E-state index contributed by atoms with van der Waals surface area (Å²) in [5.41, 5.74) is 0. The lowest BCUT2D eigenvalue weighted by atomic mass is 10.2. The van der Waals surface area contributed by atoms with E-state index < -0.39 is 5.92 Å². The molecule has 0 heterocycles. The lowest BCUT2D eigenvalue weighted by Gasteiger charge is -2.30. The highest BCUT2D eigenvalue weighted by Gasteiger charge is 2.14. The third-order valence-electron chi connectivity index (χ3n) is 2.58. The van der Waals surface area contributed by atoms with Crippen LogP contribution in [0.25, 0.3) is 0 Å². The molecule has 0 aromatic carbocycles. The first kappa shape index (κ1) is 14.9. The monoisotopic (exact) mass is 225 g/mol. The van der Waals surface area contributed by atoms with E-state index in [9.17, 15) is 4.79 Å². The van der Waals surface area contributed by atoms with Crippen LogP contribution in [0.5, 0.6) is 0 Å². The minimum atomic E-state index is -0.563. The van der Waals surface area contributed by atoms with Crippen LogP contribution in [0.1, 0.15) is 34.6 Å². The summed E-state index contributed by atoms with van der Waals surface area (Å²) in [6.45, 7) is 11.6.